The molecule has 0 amide bonds. The Morgan fingerprint density at radius 1 is 1.00 bits per heavy atom. The van der Waals surface area contributed by atoms with Crippen molar-refractivity contribution < 1.29 is 9.13 Å². The van der Waals surface area contributed by atoms with Gasteiger partial charge in [-0.15, -0.1) is 0 Å². The lowest BCUT2D eigenvalue weighted by molar-refractivity contribution is 0.415. The highest BCUT2D eigenvalue weighted by molar-refractivity contribution is 5.64. The fraction of sp³-hybridized carbons (Fsp3) is 0.167. The van der Waals surface area contributed by atoms with E-state index in [-0.39, 0.29) is 5.82 Å². The van der Waals surface area contributed by atoms with Crippen LogP contribution in [0, 0.1) is 5.82 Å². The third kappa shape index (κ3) is 4.55. The fourth-order valence-electron chi connectivity index (χ4n) is 3.28. The van der Waals surface area contributed by atoms with E-state index in [0.717, 1.165) is 41.2 Å². The van der Waals surface area contributed by atoms with Gasteiger partial charge in [0, 0.05) is 48.7 Å². The van der Waals surface area contributed by atoms with Crippen molar-refractivity contribution in [3.05, 3.63) is 96.2 Å². The zero-order chi connectivity index (χ0) is 20.8. The number of nitrogens with zero attached hydrogens (tertiary/aromatic N) is 3. The second kappa shape index (κ2) is 9.33. The topological polar surface area (TPSA) is 52.0 Å². The van der Waals surface area contributed by atoms with Crippen molar-refractivity contribution >= 4 is 0 Å². The zero-order valence-electron chi connectivity index (χ0n) is 16.8. The molecule has 4 rings (SSSR count). The minimum absolute atomic E-state index is 0.309. The Balaban J connectivity index is 1.57. The van der Waals surface area contributed by atoms with Crippen LogP contribution in [0.2, 0.25) is 0 Å². The van der Waals surface area contributed by atoms with Gasteiger partial charge in [0.2, 0.25) is 0 Å². The normalized spacial score (nSPS) is 10.9. The molecule has 0 aliphatic heterocycles. The van der Waals surface area contributed by atoms with Crippen LogP contribution in [0.15, 0.2) is 79.1 Å². The van der Waals surface area contributed by atoms with Gasteiger partial charge in [-0.2, -0.15) is 5.10 Å². The van der Waals surface area contributed by atoms with Crippen molar-refractivity contribution in [1.29, 1.82) is 0 Å². The molecule has 2 aromatic carbocycles. The molecule has 2 aromatic heterocycles. The van der Waals surface area contributed by atoms with Gasteiger partial charge in [0.05, 0.1) is 12.8 Å². The highest BCUT2D eigenvalue weighted by Crippen LogP contribution is 2.26. The summed E-state index contributed by atoms with van der Waals surface area (Å²) < 4.78 is 21.2. The summed E-state index contributed by atoms with van der Waals surface area (Å²) in [7, 11) is 1.64. The Morgan fingerprint density at radius 2 is 1.80 bits per heavy atom. The Hall–Kier alpha value is -3.51. The van der Waals surface area contributed by atoms with E-state index < -0.39 is 0 Å². The molecule has 152 valence electrons. The molecule has 0 unspecified atom stereocenters. The summed E-state index contributed by atoms with van der Waals surface area (Å²) in [5.74, 6) is 0.471. The van der Waals surface area contributed by atoms with E-state index in [1.54, 1.807) is 36.2 Å². The molecule has 5 nitrogen and oxygen atoms in total. The summed E-state index contributed by atoms with van der Waals surface area (Å²) in [6, 6.07) is 20.3. The van der Waals surface area contributed by atoms with Crippen molar-refractivity contribution in [1.82, 2.24) is 20.1 Å². The smallest absolute Gasteiger partial charge is 0.148 e. The van der Waals surface area contributed by atoms with Gasteiger partial charge in [-0.25, -0.2) is 9.07 Å². The number of hydrogen-bond donors (Lipinski definition) is 1. The van der Waals surface area contributed by atoms with Crippen molar-refractivity contribution in [2.75, 3.05) is 13.7 Å². The number of benzene rings is 2. The van der Waals surface area contributed by atoms with Crippen LogP contribution < -0.4 is 10.1 Å². The lowest BCUT2D eigenvalue weighted by Gasteiger charge is -2.06. The van der Waals surface area contributed by atoms with Crippen molar-refractivity contribution in [3.8, 4) is 22.7 Å². The predicted molar refractivity (Wildman–Crippen MR) is 115 cm³/mol. The minimum atomic E-state index is -0.309. The van der Waals surface area contributed by atoms with E-state index in [9.17, 15) is 4.39 Å². The lowest BCUT2D eigenvalue weighted by Crippen LogP contribution is -2.17. The number of aromatic nitrogens is 3. The average Bonchev–Trinajstić information content (AvgIpc) is 3.21. The molecule has 0 fully saturated rings. The number of rotatable bonds is 8. The molecule has 0 saturated heterocycles. The number of methoxy groups -OCH3 is 1. The first-order valence-electron chi connectivity index (χ1n) is 9.83. The van der Waals surface area contributed by atoms with Crippen LogP contribution in [0.25, 0.3) is 16.9 Å². The molecule has 0 radical (unpaired) electrons. The monoisotopic (exact) mass is 402 g/mol. The van der Waals surface area contributed by atoms with Gasteiger partial charge in [-0.05, 0) is 48.5 Å². The zero-order valence-corrected chi connectivity index (χ0v) is 16.8. The Labute approximate surface area is 175 Å². The highest BCUT2D eigenvalue weighted by Gasteiger charge is 2.14. The molecular weight excluding hydrogens is 379 g/mol. The van der Waals surface area contributed by atoms with Crippen molar-refractivity contribution in [2.24, 2.45) is 0 Å². The maximum atomic E-state index is 14.3. The third-order valence-electron chi connectivity index (χ3n) is 4.85. The number of nitrogens with one attached hydrogen (secondary N) is 1. The van der Waals surface area contributed by atoms with Gasteiger partial charge in [-0.1, -0.05) is 18.2 Å². The summed E-state index contributed by atoms with van der Waals surface area (Å²) in [5, 5.41) is 8.14. The molecular formula is C24H23FN4O. The number of halogens is 1. The van der Waals surface area contributed by atoms with Crippen LogP contribution in [0.5, 0.6) is 5.75 Å². The second-order valence-electron chi connectivity index (χ2n) is 6.88. The van der Waals surface area contributed by atoms with Gasteiger partial charge >= 0.3 is 0 Å². The van der Waals surface area contributed by atoms with Crippen LogP contribution in [-0.2, 0) is 13.0 Å². The molecule has 0 bridgehead atoms. The summed E-state index contributed by atoms with van der Waals surface area (Å²) in [6.45, 7) is 1.40. The average molecular weight is 402 g/mol. The second-order valence-corrected chi connectivity index (χ2v) is 6.88. The molecule has 0 spiro atoms. The summed E-state index contributed by atoms with van der Waals surface area (Å²) in [5.41, 5.74) is 4.22. The van der Waals surface area contributed by atoms with E-state index in [2.05, 4.69) is 15.4 Å². The summed E-state index contributed by atoms with van der Waals surface area (Å²) >= 11 is 0. The molecule has 2 heterocycles. The fourth-order valence-corrected chi connectivity index (χ4v) is 3.28. The van der Waals surface area contributed by atoms with Crippen LogP contribution in [0.4, 0.5) is 4.39 Å². The van der Waals surface area contributed by atoms with E-state index in [1.807, 2.05) is 48.7 Å². The first-order valence-corrected chi connectivity index (χ1v) is 9.83. The summed E-state index contributed by atoms with van der Waals surface area (Å²) in [6.07, 6.45) is 4.52. The predicted octanol–water partition coefficient (Wildman–Crippen LogP) is 4.41. The van der Waals surface area contributed by atoms with Gasteiger partial charge in [0.25, 0.3) is 0 Å². The van der Waals surface area contributed by atoms with Crippen molar-refractivity contribution in [3.63, 3.8) is 0 Å². The number of para-hydroxylation sites is 1. The van der Waals surface area contributed by atoms with Crippen LogP contribution in [0.3, 0.4) is 0 Å². The molecule has 1 N–H and O–H groups in total. The standard InChI is InChI=1S/C24H23FN4O/c1-30-21-11-9-18(10-12-21)24-19(16-26-15-13-20-6-4-5-14-27-20)17-29(28-24)23-8-3-2-7-22(23)25/h2-12,14,17,26H,13,15-16H2,1H3. The maximum absolute atomic E-state index is 14.3. The van der Waals surface area contributed by atoms with Gasteiger partial charge in [-0.3, -0.25) is 4.98 Å². The molecule has 0 aliphatic rings. The molecule has 6 heteroatoms. The Bertz CT molecular complexity index is 1090. The van der Waals surface area contributed by atoms with Crippen molar-refractivity contribution in [2.45, 2.75) is 13.0 Å². The number of pyridine rings is 1. The third-order valence-corrected chi connectivity index (χ3v) is 4.85. The highest BCUT2D eigenvalue weighted by atomic mass is 19.1. The number of ether oxygens (including phenoxy) is 1. The van der Waals surface area contributed by atoms with Crippen LogP contribution in [-0.4, -0.2) is 28.4 Å². The quantitative estimate of drug-likeness (QED) is 0.444. The SMILES string of the molecule is COc1ccc(-c2nn(-c3ccccc3F)cc2CNCCc2ccccn2)cc1. The number of hydrogen-bond acceptors (Lipinski definition) is 4. The maximum Gasteiger partial charge on any atom is 0.148 e. The first kappa shape index (κ1) is 19.8. The van der Waals surface area contributed by atoms with Gasteiger partial charge in [0.15, 0.2) is 0 Å². The van der Waals surface area contributed by atoms with E-state index in [1.165, 1.54) is 6.07 Å². The lowest BCUT2D eigenvalue weighted by atomic mass is 10.1. The molecule has 0 aliphatic carbocycles. The van der Waals surface area contributed by atoms with Crippen LogP contribution >= 0.6 is 0 Å². The summed E-state index contributed by atoms with van der Waals surface area (Å²) in [4.78, 5) is 4.35. The minimum Gasteiger partial charge on any atom is -0.497 e. The molecule has 0 atom stereocenters. The van der Waals surface area contributed by atoms with Gasteiger partial charge < -0.3 is 10.1 Å². The van der Waals surface area contributed by atoms with E-state index in [4.69, 9.17) is 4.74 Å². The van der Waals surface area contributed by atoms with Gasteiger partial charge in [0.1, 0.15) is 17.3 Å². The Kier molecular flexibility index (Phi) is 6.15. The van der Waals surface area contributed by atoms with Crippen LogP contribution in [0.1, 0.15) is 11.3 Å². The molecule has 30 heavy (non-hydrogen) atoms. The molecule has 0 saturated carbocycles. The Morgan fingerprint density at radius 3 is 2.53 bits per heavy atom. The largest absolute Gasteiger partial charge is 0.497 e. The molecule has 4 aromatic rings. The first-order chi connectivity index (χ1) is 14.7. The van der Waals surface area contributed by atoms with E-state index in [0.29, 0.717) is 12.2 Å². The van der Waals surface area contributed by atoms with E-state index >= 15 is 0 Å².